The maximum Gasteiger partial charge on any atom is 0.337 e. The normalized spacial score (nSPS) is 10.5. The van der Waals surface area contributed by atoms with E-state index < -0.39 is 5.97 Å². The van der Waals surface area contributed by atoms with E-state index in [1.807, 2.05) is 0 Å². The number of carboxylic acids is 1. The average Bonchev–Trinajstić information content (AvgIpc) is 2.19. The minimum atomic E-state index is -1.07. The molecule has 0 aliphatic rings. The van der Waals surface area contributed by atoms with E-state index in [9.17, 15) is 9.59 Å². The quantitative estimate of drug-likeness (QED) is 0.800. The third-order valence-electron chi connectivity index (χ3n) is 2.05. The van der Waals surface area contributed by atoms with Gasteiger partial charge in [-0.3, -0.25) is 9.20 Å². The fourth-order valence-corrected chi connectivity index (χ4v) is 1.54. The van der Waals surface area contributed by atoms with E-state index in [1.54, 1.807) is 6.07 Å². The van der Waals surface area contributed by atoms with Crippen molar-refractivity contribution < 1.29 is 9.90 Å². The highest BCUT2D eigenvalue weighted by Crippen LogP contribution is 2.13. The molecule has 2 aromatic heterocycles. The van der Waals surface area contributed by atoms with Gasteiger partial charge in [0.25, 0.3) is 5.56 Å². The lowest BCUT2D eigenvalue weighted by Gasteiger charge is -2.03. The van der Waals surface area contributed by atoms with Crippen LogP contribution < -0.4 is 5.56 Å². The number of rotatable bonds is 1. The Labute approximate surface area is 89.3 Å². The lowest BCUT2D eigenvalue weighted by atomic mass is 10.2. The number of aromatic carboxylic acids is 1. The van der Waals surface area contributed by atoms with Crippen molar-refractivity contribution in [1.82, 2.24) is 4.40 Å². The minimum absolute atomic E-state index is 0.0752. The highest BCUT2D eigenvalue weighted by atomic mass is 35.5. The molecule has 0 fully saturated rings. The maximum absolute atomic E-state index is 11.4. The van der Waals surface area contributed by atoms with Gasteiger partial charge >= 0.3 is 5.97 Å². The summed E-state index contributed by atoms with van der Waals surface area (Å²) in [6, 6.07) is 5.54. The van der Waals surface area contributed by atoms with Crippen LogP contribution in [-0.2, 0) is 0 Å². The predicted molar refractivity (Wildman–Crippen MR) is 55.6 cm³/mol. The molecular weight excluding hydrogens is 218 g/mol. The van der Waals surface area contributed by atoms with Gasteiger partial charge in [-0.2, -0.15) is 0 Å². The molecule has 4 nitrogen and oxygen atoms in total. The van der Waals surface area contributed by atoms with Crippen LogP contribution in [0.3, 0.4) is 0 Å². The van der Waals surface area contributed by atoms with Gasteiger partial charge in [-0.15, -0.1) is 0 Å². The van der Waals surface area contributed by atoms with E-state index in [0.717, 1.165) is 0 Å². The molecule has 2 aromatic rings. The Kier molecular flexibility index (Phi) is 2.21. The molecular formula is C10H6ClNO3. The Morgan fingerprint density at radius 2 is 2.00 bits per heavy atom. The number of carboxylic acid groups (broad SMARTS) is 1. The molecule has 76 valence electrons. The van der Waals surface area contributed by atoms with Gasteiger partial charge in [-0.1, -0.05) is 11.6 Å². The Bertz CT molecular complexity index is 603. The zero-order valence-electron chi connectivity index (χ0n) is 7.48. The number of pyridine rings is 2. The molecule has 0 aromatic carbocycles. The fourth-order valence-electron chi connectivity index (χ4n) is 1.38. The molecule has 1 N–H and O–H groups in total. The number of aromatic nitrogens is 1. The van der Waals surface area contributed by atoms with Gasteiger partial charge in [0.2, 0.25) is 0 Å². The van der Waals surface area contributed by atoms with E-state index in [-0.39, 0.29) is 11.1 Å². The van der Waals surface area contributed by atoms with Crippen LogP contribution in [0.15, 0.2) is 35.3 Å². The maximum atomic E-state index is 11.4. The van der Waals surface area contributed by atoms with Crippen molar-refractivity contribution in [1.29, 1.82) is 0 Å². The molecule has 0 amide bonds. The summed E-state index contributed by atoms with van der Waals surface area (Å²) in [7, 11) is 0. The van der Waals surface area contributed by atoms with Crippen LogP contribution in [0, 0.1) is 0 Å². The van der Waals surface area contributed by atoms with Crippen molar-refractivity contribution in [3.05, 3.63) is 51.4 Å². The van der Waals surface area contributed by atoms with E-state index >= 15 is 0 Å². The van der Waals surface area contributed by atoms with Crippen LogP contribution in [0.25, 0.3) is 5.52 Å². The minimum Gasteiger partial charge on any atom is -0.478 e. The van der Waals surface area contributed by atoms with Crippen LogP contribution in [0.5, 0.6) is 0 Å². The number of hydrogen-bond donors (Lipinski definition) is 1. The van der Waals surface area contributed by atoms with Gasteiger partial charge in [0.15, 0.2) is 0 Å². The molecule has 5 heteroatoms. The van der Waals surface area contributed by atoms with Crippen LogP contribution in [0.2, 0.25) is 5.02 Å². The third-order valence-corrected chi connectivity index (χ3v) is 2.27. The second kappa shape index (κ2) is 3.40. The number of nitrogens with zero attached hydrogens (tertiary/aromatic N) is 1. The number of halogens is 1. The van der Waals surface area contributed by atoms with Crippen LogP contribution in [-0.4, -0.2) is 15.5 Å². The summed E-state index contributed by atoms with van der Waals surface area (Å²) in [6.07, 6.45) is 1.39. The summed E-state index contributed by atoms with van der Waals surface area (Å²) in [6.45, 7) is 0. The molecule has 0 radical (unpaired) electrons. The zero-order chi connectivity index (χ0) is 11.0. The summed E-state index contributed by atoms with van der Waals surface area (Å²) >= 11 is 5.72. The van der Waals surface area contributed by atoms with Gasteiger partial charge in [0.05, 0.1) is 16.1 Å². The highest BCUT2D eigenvalue weighted by Gasteiger charge is 2.09. The lowest BCUT2D eigenvalue weighted by Crippen LogP contribution is -2.14. The van der Waals surface area contributed by atoms with Gasteiger partial charge in [0.1, 0.15) is 0 Å². The first-order chi connectivity index (χ1) is 7.09. The molecule has 0 aliphatic heterocycles. The van der Waals surface area contributed by atoms with E-state index in [4.69, 9.17) is 16.7 Å². The molecule has 0 spiro atoms. The standard InChI is InChI=1S/C10H6ClNO3/c11-6-1-3-8-7(10(14)15)2-4-9(13)12(8)5-6/h1-5H,(H,14,15). The number of carbonyl (C=O) groups is 1. The second-order valence-corrected chi connectivity index (χ2v) is 3.43. The van der Waals surface area contributed by atoms with Crippen LogP contribution in [0.4, 0.5) is 0 Å². The molecule has 0 unspecified atom stereocenters. The Morgan fingerprint density at radius 3 is 2.67 bits per heavy atom. The first-order valence-corrected chi connectivity index (χ1v) is 4.51. The van der Waals surface area contributed by atoms with Crippen molar-refractivity contribution in [2.45, 2.75) is 0 Å². The molecule has 2 rings (SSSR count). The van der Waals surface area contributed by atoms with Crippen LogP contribution >= 0.6 is 11.6 Å². The largest absolute Gasteiger partial charge is 0.478 e. The number of hydrogen-bond acceptors (Lipinski definition) is 2. The molecule has 15 heavy (non-hydrogen) atoms. The van der Waals surface area contributed by atoms with Crippen molar-refractivity contribution in [3.63, 3.8) is 0 Å². The smallest absolute Gasteiger partial charge is 0.337 e. The SMILES string of the molecule is O=C(O)c1ccc(=O)n2cc(Cl)ccc12. The van der Waals surface area contributed by atoms with Crippen molar-refractivity contribution in [2.24, 2.45) is 0 Å². The average molecular weight is 224 g/mol. The van der Waals surface area contributed by atoms with Gasteiger partial charge in [-0.25, -0.2) is 4.79 Å². The molecule has 0 saturated carbocycles. The Morgan fingerprint density at radius 1 is 1.27 bits per heavy atom. The highest BCUT2D eigenvalue weighted by molar-refractivity contribution is 6.30. The number of fused-ring (bicyclic) bond motifs is 1. The monoisotopic (exact) mass is 223 g/mol. The van der Waals surface area contributed by atoms with Gasteiger partial charge < -0.3 is 5.11 Å². The summed E-state index contributed by atoms with van der Waals surface area (Å²) in [5.74, 6) is -1.07. The summed E-state index contributed by atoms with van der Waals surface area (Å²) in [4.78, 5) is 22.3. The first kappa shape index (κ1) is 9.73. The molecule has 0 saturated heterocycles. The Hall–Kier alpha value is -1.81. The second-order valence-electron chi connectivity index (χ2n) is 2.99. The van der Waals surface area contributed by atoms with Crippen molar-refractivity contribution in [3.8, 4) is 0 Å². The topological polar surface area (TPSA) is 58.8 Å². The van der Waals surface area contributed by atoms with Crippen LogP contribution in [0.1, 0.15) is 10.4 Å². The molecule has 0 atom stereocenters. The predicted octanol–water partition coefficient (Wildman–Crippen LogP) is 1.65. The third kappa shape index (κ3) is 1.59. The van der Waals surface area contributed by atoms with E-state index in [2.05, 4.69) is 0 Å². The van der Waals surface area contributed by atoms with Gasteiger partial charge in [-0.05, 0) is 18.2 Å². The van der Waals surface area contributed by atoms with E-state index in [1.165, 1.54) is 28.8 Å². The van der Waals surface area contributed by atoms with Gasteiger partial charge in [0, 0.05) is 12.3 Å². The summed E-state index contributed by atoms with van der Waals surface area (Å²) < 4.78 is 1.21. The first-order valence-electron chi connectivity index (χ1n) is 4.14. The summed E-state index contributed by atoms with van der Waals surface area (Å²) in [5, 5.41) is 9.28. The zero-order valence-corrected chi connectivity index (χ0v) is 8.23. The lowest BCUT2D eigenvalue weighted by molar-refractivity contribution is 0.0698. The molecule has 2 heterocycles. The molecule has 0 aliphatic carbocycles. The van der Waals surface area contributed by atoms with E-state index in [0.29, 0.717) is 10.5 Å². The fraction of sp³-hybridized carbons (Fsp3) is 0. The van der Waals surface area contributed by atoms with Crippen molar-refractivity contribution in [2.75, 3.05) is 0 Å². The molecule has 0 bridgehead atoms. The Balaban J connectivity index is 2.95. The van der Waals surface area contributed by atoms with Crippen molar-refractivity contribution >= 4 is 23.1 Å². The summed E-state index contributed by atoms with van der Waals surface area (Å²) in [5.41, 5.74) is 0.100.